The number of methoxy groups -OCH3 is 2. The van der Waals surface area contributed by atoms with Crippen LogP contribution in [0.5, 0.6) is 11.5 Å². The molecule has 2 nitrogen and oxygen atoms in total. The van der Waals surface area contributed by atoms with Crippen LogP contribution in [-0.4, -0.2) is 14.2 Å². The van der Waals surface area contributed by atoms with Crippen molar-refractivity contribution in [3.8, 4) is 11.5 Å². The molecule has 0 bridgehead atoms. The van der Waals surface area contributed by atoms with Gasteiger partial charge in [-0.3, -0.25) is 0 Å². The Bertz CT molecular complexity index is 413. The maximum atomic E-state index is 5.42. The van der Waals surface area contributed by atoms with Crippen LogP contribution in [0.25, 0.3) is 0 Å². The summed E-state index contributed by atoms with van der Waals surface area (Å²) in [4.78, 5) is 0. The van der Waals surface area contributed by atoms with E-state index in [1.165, 1.54) is 5.56 Å². The van der Waals surface area contributed by atoms with Gasteiger partial charge in [-0.1, -0.05) is 26.0 Å². The number of allylic oxidation sites excluding steroid dienone is 2. The van der Waals surface area contributed by atoms with E-state index in [9.17, 15) is 0 Å². The number of hydrogen-bond donors (Lipinski definition) is 0. The molecule has 0 aliphatic heterocycles. The molecule has 0 radical (unpaired) electrons. The maximum Gasteiger partial charge on any atom is 0.136 e. The van der Waals surface area contributed by atoms with E-state index in [-0.39, 0.29) is 0 Å². The first-order valence-electron chi connectivity index (χ1n) is 6.19. The third kappa shape index (κ3) is 4.05. The fraction of sp³-hybridized carbons (Fsp3) is 0.467. The van der Waals surface area contributed by atoms with Crippen LogP contribution in [0.15, 0.2) is 28.8 Å². The van der Waals surface area contributed by atoms with Gasteiger partial charge in [0, 0.05) is 6.07 Å². The van der Waals surface area contributed by atoms with Gasteiger partial charge in [0.25, 0.3) is 0 Å². The van der Waals surface area contributed by atoms with E-state index < -0.39 is 0 Å². The summed E-state index contributed by atoms with van der Waals surface area (Å²) >= 11 is 3.51. The van der Waals surface area contributed by atoms with E-state index in [1.54, 1.807) is 14.2 Å². The van der Waals surface area contributed by atoms with Crippen LogP contribution in [0.2, 0.25) is 0 Å². The van der Waals surface area contributed by atoms with Crippen molar-refractivity contribution in [1.29, 1.82) is 0 Å². The molecule has 1 atom stereocenters. The molecule has 1 aromatic carbocycles. The summed E-state index contributed by atoms with van der Waals surface area (Å²) in [5, 5.41) is 0. The zero-order chi connectivity index (χ0) is 13.5. The Morgan fingerprint density at radius 2 is 1.89 bits per heavy atom. The molecule has 0 aliphatic carbocycles. The first kappa shape index (κ1) is 15.1. The molecule has 0 aromatic heterocycles. The van der Waals surface area contributed by atoms with E-state index in [1.807, 2.05) is 6.07 Å². The van der Waals surface area contributed by atoms with Gasteiger partial charge < -0.3 is 9.47 Å². The SMILES string of the molecule is CC/C=C\C(C)Cc1cc(Br)c(OC)cc1OC. The average molecular weight is 313 g/mol. The molecule has 3 heteroatoms. The van der Waals surface area contributed by atoms with Gasteiger partial charge in [0.15, 0.2) is 0 Å². The van der Waals surface area contributed by atoms with Crippen LogP contribution in [-0.2, 0) is 6.42 Å². The van der Waals surface area contributed by atoms with Gasteiger partial charge in [-0.2, -0.15) is 0 Å². The molecule has 18 heavy (non-hydrogen) atoms. The molecule has 0 fully saturated rings. The van der Waals surface area contributed by atoms with Crippen LogP contribution in [0, 0.1) is 5.92 Å². The predicted octanol–water partition coefficient (Wildman–Crippen LogP) is 4.61. The quantitative estimate of drug-likeness (QED) is 0.714. The Kier molecular flexibility index (Phi) is 6.27. The molecule has 100 valence electrons. The zero-order valence-electron chi connectivity index (χ0n) is 11.5. The number of benzene rings is 1. The van der Waals surface area contributed by atoms with Crippen LogP contribution in [0.1, 0.15) is 25.8 Å². The molecule has 0 aliphatic rings. The summed E-state index contributed by atoms with van der Waals surface area (Å²) in [6.45, 7) is 4.36. The highest BCUT2D eigenvalue weighted by atomic mass is 79.9. The number of rotatable bonds is 6. The third-order valence-corrected chi connectivity index (χ3v) is 3.42. The molecule has 0 amide bonds. The molecule has 1 rings (SSSR count). The van der Waals surface area contributed by atoms with Crippen molar-refractivity contribution >= 4 is 15.9 Å². The Balaban J connectivity index is 2.94. The molecule has 0 saturated carbocycles. The highest BCUT2D eigenvalue weighted by Gasteiger charge is 2.11. The predicted molar refractivity (Wildman–Crippen MR) is 79.5 cm³/mol. The van der Waals surface area contributed by atoms with E-state index >= 15 is 0 Å². The van der Waals surface area contributed by atoms with E-state index in [0.29, 0.717) is 5.92 Å². The van der Waals surface area contributed by atoms with Gasteiger partial charge in [0.2, 0.25) is 0 Å². The van der Waals surface area contributed by atoms with E-state index in [0.717, 1.165) is 28.8 Å². The molecule has 0 heterocycles. The lowest BCUT2D eigenvalue weighted by Crippen LogP contribution is -2.00. The lowest BCUT2D eigenvalue weighted by molar-refractivity contribution is 0.388. The fourth-order valence-electron chi connectivity index (χ4n) is 1.87. The van der Waals surface area contributed by atoms with Crippen molar-refractivity contribution in [1.82, 2.24) is 0 Å². The second-order valence-corrected chi connectivity index (χ2v) is 5.17. The molecule has 0 saturated heterocycles. The highest BCUT2D eigenvalue weighted by Crippen LogP contribution is 2.34. The fourth-order valence-corrected chi connectivity index (χ4v) is 2.42. The first-order valence-corrected chi connectivity index (χ1v) is 6.98. The van der Waals surface area contributed by atoms with Gasteiger partial charge in [0.1, 0.15) is 11.5 Å². The van der Waals surface area contributed by atoms with Gasteiger partial charge in [0.05, 0.1) is 18.7 Å². The number of ether oxygens (including phenoxy) is 2. The molecule has 1 unspecified atom stereocenters. The van der Waals surface area contributed by atoms with Gasteiger partial charge in [-0.15, -0.1) is 0 Å². The second-order valence-electron chi connectivity index (χ2n) is 4.32. The average Bonchev–Trinajstić information content (AvgIpc) is 2.36. The number of halogens is 1. The Morgan fingerprint density at radius 3 is 2.44 bits per heavy atom. The summed E-state index contributed by atoms with van der Waals surface area (Å²) in [5.74, 6) is 2.18. The van der Waals surface area contributed by atoms with Crippen LogP contribution < -0.4 is 9.47 Å². The van der Waals surface area contributed by atoms with Gasteiger partial charge in [-0.05, 0) is 46.3 Å². The van der Waals surface area contributed by atoms with E-state index in [2.05, 4.69) is 48.0 Å². The van der Waals surface area contributed by atoms with Gasteiger partial charge >= 0.3 is 0 Å². The van der Waals surface area contributed by atoms with Crippen LogP contribution in [0.4, 0.5) is 0 Å². The first-order chi connectivity index (χ1) is 8.62. The van der Waals surface area contributed by atoms with Crippen molar-refractivity contribution in [3.63, 3.8) is 0 Å². The maximum absolute atomic E-state index is 5.42. The lowest BCUT2D eigenvalue weighted by Gasteiger charge is -2.14. The summed E-state index contributed by atoms with van der Waals surface area (Å²) in [6, 6.07) is 4.00. The van der Waals surface area contributed by atoms with E-state index in [4.69, 9.17) is 9.47 Å². The normalized spacial score (nSPS) is 12.7. The minimum absolute atomic E-state index is 0.499. The molecule has 0 N–H and O–H groups in total. The molecular weight excluding hydrogens is 292 g/mol. The van der Waals surface area contributed by atoms with Crippen molar-refractivity contribution in [2.24, 2.45) is 5.92 Å². The van der Waals surface area contributed by atoms with Crippen molar-refractivity contribution in [2.75, 3.05) is 14.2 Å². The minimum Gasteiger partial charge on any atom is -0.496 e. The van der Waals surface area contributed by atoms with Crippen LogP contribution >= 0.6 is 15.9 Å². The largest absolute Gasteiger partial charge is 0.496 e. The third-order valence-electron chi connectivity index (χ3n) is 2.80. The topological polar surface area (TPSA) is 18.5 Å². The monoisotopic (exact) mass is 312 g/mol. The molecular formula is C15H21BrO2. The van der Waals surface area contributed by atoms with Crippen molar-refractivity contribution in [3.05, 3.63) is 34.3 Å². The van der Waals surface area contributed by atoms with Gasteiger partial charge in [-0.25, -0.2) is 0 Å². The Hall–Kier alpha value is -0.960. The lowest BCUT2D eigenvalue weighted by atomic mass is 9.99. The standard InChI is InChI=1S/C15H21BrO2/c1-5-6-7-11(2)8-12-9-13(16)15(18-4)10-14(12)17-3/h6-7,9-11H,5,8H2,1-4H3/b7-6-. The number of hydrogen-bond acceptors (Lipinski definition) is 2. The summed E-state index contributed by atoms with van der Waals surface area (Å²) < 4.78 is 11.7. The van der Waals surface area contributed by atoms with Crippen molar-refractivity contribution in [2.45, 2.75) is 26.7 Å². The molecule has 1 aromatic rings. The molecule has 0 spiro atoms. The minimum atomic E-state index is 0.499. The Labute approximate surface area is 118 Å². The highest BCUT2D eigenvalue weighted by molar-refractivity contribution is 9.10. The van der Waals surface area contributed by atoms with Crippen molar-refractivity contribution < 1.29 is 9.47 Å². The zero-order valence-corrected chi connectivity index (χ0v) is 13.1. The smallest absolute Gasteiger partial charge is 0.136 e. The summed E-state index contributed by atoms with van der Waals surface area (Å²) in [7, 11) is 3.35. The second kappa shape index (κ2) is 7.47. The summed E-state index contributed by atoms with van der Waals surface area (Å²) in [5.41, 5.74) is 1.19. The Morgan fingerprint density at radius 1 is 1.22 bits per heavy atom. The van der Waals surface area contributed by atoms with Crippen LogP contribution in [0.3, 0.4) is 0 Å². The summed E-state index contributed by atoms with van der Waals surface area (Å²) in [6.07, 6.45) is 6.49.